The molecule has 2 aromatic heterocycles. The number of hydrogen-bond acceptors (Lipinski definition) is 7. The van der Waals surface area contributed by atoms with E-state index < -0.39 is 0 Å². The van der Waals surface area contributed by atoms with Crippen molar-refractivity contribution in [3.63, 3.8) is 0 Å². The summed E-state index contributed by atoms with van der Waals surface area (Å²) in [7, 11) is 0. The van der Waals surface area contributed by atoms with E-state index in [0.717, 1.165) is 48.4 Å². The van der Waals surface area contributed by atoms with Crippen molar-refractivity contribution in [2.24, 2.45) is 0 Å². The zero-order valence-corrected chi connectivity index (χ0v) is 18.1. The van der Waals surface area contributed by atoms with Crippen LogP contribution in [0.15, 0.2) is 36.7 Å². The molecule has 8 nitrogen and oxygen atoms in total. The van der Waals surface area contributed by atoms with E-state index in [4.69, 9.17) is 10.00 Å². The number of hydrogen-bond donors (Lipinski definition) is 1. The van der Waals surface area contributed by atoms with Crippen LogP contribution in [-0.4, -0.2) is 45.3 Å². The van der Waals surface area contributed by atoms with Gasteiger partial charge in [0.1, 0.15) is 12.7 Å². The number of carbonyl (C=O) groups excluding carboxylic acids is 1. The van der Waals surface area contributed by atoms with Gasteiger partial charge >= 0.3 is 5.97 Å². The van der Waals surface area contributed by atoms with E-state index in [1.807, 2.05) is 31.5 Å². The molecule has 1 atom stereocenters. The highest BCUT2D eigenvalue weighted by atomic mass is 16.5. The van der Waals surface area contributed by atoms with Gasteiger partial charge < -0.3 is 10.1 Å². The van der Waals surface area contributed by atoms with Crippen molar-refractivity contribution in [3.05, 3.63) is 75.7 Å². The van der Waals surface area contributed by atoms with E-state index in [1.54, 1.807) is 4.68 Å². The van der Waals surface area contributed by atoms with Crippen molar-refractivity contribution in [1.82, 2.24) is 25.0 Å². The van der Waals surface area contributed by atoms with Crippen LogP contribution in [0.5, 0.6) is 0 Å². The quantitative estimate of drug-likeness (QED) is 0.638. The molecule has 1 fully saturated rings. The summed E-state index contributed by atoms with van der Waals surface area (Å²) in [5.74, 6) is 0.472. The molecule has 0 bridgehead atoms. The van der Waals surface area contributed by atoms with Crippen molar-refractivity contribution < 1.29 is 9.53 Å². The molecular weight excluding hydrogens is 404 g/mol. The Kier molecular flexibility index (Phi) is 5.21. The van der Waals surface area contributed by atoms with Gasteiger partial charge in [0, 0.05) is 55.7 Å². The summed E-state index contributed by atoms with van der Waals surface area (Å²) in [5, 5.41) is 17.0. The first-order valence-electron chi connectivity index (χ1n) is 10.7. The molecule has 3 aromatic rings. The van der Waals surface area contributed by atoms with Gasteiger partial charge in [0.25, 0.3) is 0 Å². The fourth-order valence-electron chi connectivity index (χ4n) is 4.50. The van der Waals surface area contributed by atoms with Crippen LogP contribution in [-0.2, 0) is 17.9 Å². The average molecular weight is 428 g/mol. The first kappa shape index (κ1) is 20.4. The number of nitriles is 1. The van der Waals surface area contributed by atoms with Crippen molar-refractivity contribution in [3.8, 4) is 11.9 Å². The van der Waals surface area contributed by atoms with Gasteiger partial charge in [0.05, 0.1) is 5.56 Å². The molecule has 0 radical (unpaired) electrons. The minimum absolute atomic E-state index is 0.202. The molecule has 0 aliphatic carbocycles. The van der Waals surface area contributed by atoms with Crippen LogP contribution in [0, 0.1) is 25.2 Å². The molecule has 1 saturated heterocycles. The zero-order valence-electron chi connectivity index (χ0n) is 18.1. The predicted molar refractivity (Wildman–Crippen MR) is 117 cm³/mol. The Hall–Kier alpha value is -3.54. The van der Waals surface area contributed by atoms with Crippen LogP contribution in [0.25, 0.3) is 5.82 Å². The molecule has 5 rings (SSSR count). The lowest BCUT2D eigenvalue weighted by Gasteiger charge is -2.34. The lowest BCUT2D eigenvalue weighted by atomic mass is 9.93. The Morgan fingerprint density at radius 3 is 2.91 bits per heavy atom. The average Bonchev–Trinajstić information content (AvgIpc) is 3.37. The maximum absolute atomic E-state index is 11.8. The van der Waals surface area contributed by atoms with E-state index in [0.29, 0.717) is 23.7 Å². The van der Waals surface area contributed by atoms with Crippen molar-refractivity contribution in [1.29, 1.82) is 5.26 Å². The summed E-state index contributed by atoms with van der Waals surface area (Å²) < 4.78 is 6.85. The van der Waals surface area contributed by atoms with Gasteiger partial charge in [0.15, 0.2) is 11.5 Å². The lowest BCUT2D eigenvalue weighted by Crippen LogP contribution is -2.45. The number of ether oxygens (including phenoxy) is 1. The molecule has 4 heterocycles. The normalized spacial score (nSPS) is 18.3. The fraction of sp³-hybridized carbons (Fsp3) is 0.333. The van der Waals surface area contributed by atoms with Gasteiger partial charge in [-0.15, -0.1) is 0 Å². The molecule has 2 aliphatic rings. The van der Waals surface area contributed by atoms with Gasteiger partial charge in [-0.1, -0.05) is 12.1 Å². The number of fused-ring (bicyclic) bond motifs is 1. The third kappa shape index (κ3) is 3.66. The monoisotopic (exact) mass is 428 g/mol. The number of benzene rings is 1. The molecule has 1 N–H and O–H groups in total. The highest BCUT2D eigenvalue weighted by molar-refractivity contribution is 5.94. The molecule has 162 valence electrons. The molecule has 8 heteroatoms. The minimum atomic E-state index is -0.224. The highest BCUT2D eigenvalue weighted by Crippen LogP contribution is 2.30. The number of cyclic esters (lactones) is 1. The smallest absolute Gasteiger partial charge is 0.338 e. The summed E-state index contributed by atoms with van der Waals surface area (Å²) in [6.45, 7) is 7.84. The number of rotatable bonds is 4. The summed E-state index contributed by atoms with van der Waals surface area (Å²) in [6.07, 6.45) is 3.69. The fourth-order valence-corrected chi connectivity index (χ4v) is 4.50. The Bertz CT molecular complexity index is 1220. The molecule has 0 unspecified atom stereocenters. The van der Waals surface area contributed by atoms with Gasteiger partial charge in [0.2, 0.25) is 0 Å². The van der Waals surface area contributed by atoms with Gasteiger partial charge in [-0.2, -0.15) is 10.4 Å². The maximum atomic E-state index is 11.8. The third-order valence-electron chi connectivity index (χ3n) is 6.30. The molecule has 1 aromatic carbocycles. The number of nitrogens with one attached hydrogen (secondary N) is 1. The van der Waals surface area contributed by atoms with E-state index in [1.165, 1.54) is 5.56 Å². The number of esters is 1. The summed E-state index contributed by atoms with van der Waals surface area (Å²) in [4.78, 5) is 18.8. The largest absolute Gasteiger partial charge is 0.457 e. The van der Waals surface area contributed by atoms with Crippen LogP contribution in [0.4, 0.5) is 0 Å². The molecular formula is C24H24N6O2. The first-order chi connectivity index (χ1) is 15.5. The minimum Gasteiger partial charge on any atom is -0.457 e. The van der Waals surface area contributed by atoms with E-state index >= 15 is 0 Å². The Balaban J connectivity index is 1.29. The molecule has 2 aliphatic heterocycles. The number of aryl methyl sites for hydroxylation is 1. The van der Waals surface area contributed by atoms with Crippen molar-refractivity contribution >= 4 is 5.97 Å². The molecule has 32 heavy (non-hydrogen) atoms. The van der Waals surface area contributed by atoms with Crippen LogP contribution in [0.3, 0.4) is 0 Å². The first-order valence-corrected chi connectivity index (χ1v) is 10.7. The van der Waals surface area contributed by atoms with Crippen molar-refractivity contribution in [2.45, 2.75) is 33.0 Å². The van der Waals surface area contributed by atoms with Gasteiger partial charge in [-0.3, -0.25) is 4.90 Å². The van der Waals surface area contributed by atoms with Crippen LogP contribution >= 0.6 is 0 Å². The van der Waals surface area contributed by atoms with Crippen LogP contribution in [0.2, 0.25) is 0 Å². The predicted octanol–water partition coefficient (Wildman–Crippen LogP) is 2.57. The lowest BCUT2D eigenvalue weighted by molar-refractivity contribution is 0.0535. The zero-order chi connectivity index (χ0) is 22.2. The maximum Gasteiger partial charge on any atom is 0.338 e. The number of aromatic nitrogens is 3. The third-order valence-corrected chi connectivity index (χ3v) is 6.30. The summed E-state index contributed by atoms with van der Waals surface area (Å²) >= 11 is 0. The van der Waals surface area contributed by atoms with Crippen LogP contribution < -0.4 is 5.32 Å². The molecule has 0 saturated carbocycles. The molecule has 0 spiro atoms. The number of piperazine rings is 1. The van der Waals surface area contributed by atoms with E-state index in [2.05, 4.69) is 45.4 Å². The molecule has 0 amide bonds. The second-order valence-electron chi connectivity index (χ2n) is 8.37. The summed E-state index contributed by atoms with van der Waals surface area (Å²) in [6, 6.07) is 10.2. The topological polar surface area (TPSA) is 96.1 Å². The number of pyridine rings is 1. The standard InChI is InChI=1S/C24H24N6O2/c1-15-11-30(28-21(15)9-25)23-6-3-17(10-27-23)12-29-8-7-26-22(13-29)18-4-5-19-20(16(18)2)14-32-24(19)31/h3-6,10-11,22,26H,7-8,12-14H2,1-2H3/t22-/m0/s1. The second-order valence-corrected chi connectivity index (χ2v) is 8.37. The SMILES string of the molecule is Cc1cn(-c2ccc(CN3CCN[C@H](c4ccc5c(c4C)COC5=O)C3)cn2)nc1C#N. The van der Waals surface area contributed by atoms with Gasteiger partial charge in [-0.05, 0) is 42.7 Å². The Morgan fingerprint density at radius 2 is 2.16 bits per heavy atom. The Morgan fingerprint density at radius 1 is 1.28 bits per heavy atom. The number of carbonyl (C=O) groups is 1. The van der Waals surface area contributed by atoms with Crippen molar-refractivity contribution in [2.75, 3.05) is 19.6 Å². The van der Waals surface area contributed by atoms with Crippen LogP contribution in [0.1, 0.15) is 49.9 Å². The Labute approximate surface area is 186 Å². The van der Waals surface area contributed by atoms with E-state index in [-0.39, 0.29) is 12.0 Å². The van der Waals surface area contributed by atoms with Gasteiger partial charge in [-0.25, -0.2) is 14.5 Å². The second kappa shape index (κ2) is 8.19. The van der Waals surface area contributed by atoms with E-state index in [9.17, 15) is 4.79 Å². The number of nitrogens with zero attached hydrogens (tertiary/aromatic N) is 5. The highest BCUT2D eigenvalue weighted by Gasteiger charge is 2.28. The summed E-state index contributed by atoms with van der Waals surface area (Å²) in [5.41, 5.74) is 6.46.